The highest BCUT2D eigenvalue weighted by Gasteiger charge is 2.73. The average Bonchev–Trinajstić information content (AvgIpc) is 2.89. The van der Waals surface area contributed by atoms with Gasteiger partial charge in [-0.1, -0.05) is 20.9 Å². The van der Waals surface area contributed by atoms with Crippen molar-refractivity contribution >= 4 is 32.5 Å². The van der Waals surface area contributed by atoms with Crippen LogP contribution in [0.15, 0.2) is 65.3 Å². The van der Waals surface area contributed by atoms with Crippen LogP contribution < -0.4 is 4.90 Å². The molecule has 1 aliphatic rings. The molecule has 0 amide bonds. The Morgan fingerprint density at radius 3 is 2.43 bits per heavy atom. The minimum absolute atomic E-state index is 0.0151. The number of hydrogen-bond donors (Lipinski definition) is 8. The molecule has 2 heterocycles. The third kappa shape index (κ3) is 5.33. The molecular formula is C26H28FN4O10P. The average molecular weight is 607 g/mol. The van der Waals surface area contributed by atoms with Gasteiger partial charge in [-0.3, -0.25) is 9.64 Å². The molecule has 2 unspecified atom stereocenters. The van der Waals surface area contributed by atoms with E-state index >= 15 is 4.39 Å². The van der Waals surface area contributed by atoms with Crippen LogP contribution in [0.25, 0.3) is 22.2 Å². The summed E-state index contributed by atoms with van der Waals surface area (Å²) in [6, 6.07) is 5.84. The molecule has 0 bridgehead atoms. The lowest BCUT2D eigenvalue weighted by molar-refractivity contribution is -0.574. The molecule has 0 spiro atoms. The number of hydrogen-bond acceptors (Lipinski definition) is 14. The number of anilines is 1. The Morgan fingerprint density at radius 1 is 1.10 bits per heavy atom. The fourth-order valence-corrected chi connectivity index (χ4v) is 4.72. The van der Waals surface area contributed by atoms with E-state index < -0.39 is 34.8 Å². The molecule has 2 atom stereocenters. The molecule has 14 nitrogen and oxygen atoms in total. The molecule has 4 rings (SSSR count). The molecule has 0 aliphatic carbocycles. The molecule has 42 heavy (non-hydrogen) atoms. The van der Waals surface area contributed by atoms with Crippen molar-refractivity contribution < 1.29 is 54.7 Å². The second-order valence-electron chi connectivity index (χ2n) is 9.46. The van der Waals surface area contributed by atoms with Crippen molar-refractivity contribution in [3.8, 4) is 17.0 Å². The number of morpholine rings is 1. The minimum Gasteiger partial charge on any atom is -0.508 e. The molecule has 1 aromatic heterocycles. The molecule has 16 heteroatoms. The maximum Gasteiger partial charge on any atom is 0.362 e. The lowest BCUT2D eigenvalue weighted by atomic mass is 9.98. The van der Waals surface area contributed by atoms with E-state index in [1.165, 1.54) is 28.5 Å². The van der Waals surface area contributed by atoms with E-state index in [1.807, 2.05) is 0 Å². The summed E-state index contributed by atoms with van der Waals surface area (Å²) in [5.41, 5.74) is -2.36. The molecule has 8 N–H and O–H groups in total. The van der Waals surface area contributed by atoms with Crippen LogP contribution in [0.3, 0.4) is 0 Å². The number of benzene rings is 2. The van der Waals surface area contributed by atoms with E-state index in [0.29, 0.717) is 5.56 Å². The number of fused-ring (bicyclic) bond motifs is 1. The molecular weight excluding hydrogens is 578 g/mol. The molecule has 1 aliphatic heterocycles. The number of allylic oxidation sites excluding steroid dienone is 3. The standard InChI is InChI=1S/C26H28FN4O10P/c1-13(4-7-21(28-2)40-3)8-14-9-17(18(27)11-20(14)32)22-16-6-5-15(10-19(16)29-12-30-22)31-23(33,34)25(36,37)41-26(38,39)24(31,35)42/h4-7,9-12,32-39H,2,8,42H2,1,3H3/b13-4+,21-7+. The smallest absolute Gasteiger partial charge is 0.362 e. The van der Waals surface area contributed by atoms with Crippen LogP contribution >= 0.6 is 9.24 Å². The van der Waals surface area contributed by atoms with Crippen molar-refractivity contribution in [2.24, 2.45) is 4.99 Å². The predicted octanol–water partition coefficient (Wildman–Crippen LogP) is 0.0917. The lowest BCUT2D eigenvalue weighted by Gasteiger charge is -2.57. The highest BCUT2D eigenvalue weighted by molar-refractivity contribution is 7.19. The number of aromatic nitrogens is 2. The van der Waals surface area contributed by atoms with Gasteiger partial charge < -0.3 is 45.6 Å². The van der Waals surface area contributed by atoms with Gasteiger partial charge in [0.1, 0.15) is 17.9 Å². The number of nitrogens with zero attached hydrogens (tertiary/aromatic N) is 4. The number of aromatic hydroxyl groups is 1. The maximum absolute atomic E-state index is 15.2. The van der Waals surface area contributed by atoms with Gasteiger partial charge in [0.05, 0.1) is 18.3 Å². The summed E-state index contributed by atoms with van der Waals surface area (Å²) in [4.78, 5) is 12.0. The van der Waals surface area contributed by atoms with Gasteiger partial charge in [-0.15, -0.1) is 0 Å². The van der Waals surface area contributed by atoms with Crippen LogP contribution in [0, 0.1) is 5.82 Å². The Balaban J connectivity index is 1.81. The fourth-order valence-electron chi connectivity index (χ4n) is 4.34. The highest BCUT2D eigenvalue weighted by Crippen LogP contribution is 2.48. The summed E-state index contributed by atoms with van der Waals surface area (Å²) in [6.07, 6.45) is 4.55. The Labute approximate surface area is 239 Å². The first-order chi connectivity index (χ1) is 19.5. The first kappa shape index (κ1) is 31.3. The van der Waals surface area contributed by atoms with Crippen molar-refractivity contribution in [1.29, 1.82) is 0 Å². The van der Waals surface area contributed by atoms with Crippen LogP contribution in [0.5, 0.6) is 5.75 Å². The van der Waals surface area contributed by atoms with Gasteiger partial charge in [0.2, 0.25) is 11.3 Å². The van der Waals surface area contributed by atoms with Gasteiger partial charge >= 0.3 is 17.9 Å². The number of aliphatic imine (C=N–C) groups is 1. The number of ether oxygens (including phenoxy) is 2. The van der Waals surface area contributed by atoms with E-state index in [4.69, 9.17) is 4.74 Å². The summed E-state index contributed by atoms with van der Waals surface area (Å²) >= 11 is 0. The zero-order chi connectivity index (χ0) is 31.3. The van der Waals surface area contributed by atoms with E-state index in [2.05, 4.69) is 26.4 Å². The summed E-state index contributed by atoms with van der Waals surface area (Å²) in [7, 11) is 2.95. The number of methoxy groups -OCH3 is 1. The number of halogens is 1. The molecule has 0 saturated carbocycles. The van der Waals surface area contributed by atoms with Gasteiger partial charge in [0.25, 0.3) is 0 Å². The van der Waals surface area contributed by atoms with Crippen LogP contribution in [-0.2, 0) is 15.9 Å². The van der Waals surface area contributed by atoms with Gasteiger partial charge in [-0.2, -0.15) is 0 Å². The van der Waals surface area contributed by atoms with Gasteiger partial charge in [0.15, 0.2) is 0 Å². The van der Waals surface area contributed by atoms with Crippen molar-refractivity contribution in [2.45, 2.75) is 36.7 Å². The molecule has 3 aromatic rings. The number of aliphatic hydroxyl groups is 7. The maximum atomic E-state index is 15.2. The topological polar surface area (TPSA) is 222 Å². The van der Waals surface area contributed by atoms with E-state index in [-0.39, 0.29) is 45.1 Å². The Morgan fingerprint density at radius 2 is 1.79 bits per heavy atom. The van der Waals surface area contributed by atoms with Crippen LogP contribution in [0.2, 0.25) is 0 Å². The van der Waals surface area contributed by atoms with Gasteiger partial charge in [-0.05, 0) is 49.9 Å². The number of phenolic OH excluding ortho intramolecular Hbond substituents is 1. The Kier molecular flexibility index (Phi) is 8.12. The number of rotatable bonds is 7. The summed E-state index contributed by atoms with van der Waals surface area (Å²) in [5, 5.41) is 82.5. The zero-order valence-corrected chi connectivity index (χ0v) is 23.3. The summed E-state index contributed by atoms with van der Waals surface area (Å²) in [6.45, 7) is 5.17. The molecule has 1 fully saturated rings. The second kappa shape index (κ2) is 10.9. The van der Waals surface area contributed by atoms with Crippen LogP contribution in [0.1, 0.15) is 12.5 Å². The lowest BCUT2D eigenvalue weighted by Crippen LogP contribution is -2.82. The minimum atomic E-state index is -4.01. The van der Waals surface area contributed by atoms with Crippen molar-refractivity contribution in [2.75, 3.05) is 12.0 Å². The first-order valence-corrected chi connectivity index (χ1v) is 12.5. The largest absolute Gasteiger partial charge is 0.508 e. The van der Waals surface area contributed by atoms with Gasteiger partial charge in [-0.25, -0.2) is 19.4 Å². The first-order valence-electron chi connectivity index (χ1n) is 12.0. The van der Waals surface area contributed by atoms with Gasteiger partial charge in [0, 0.05) is 28.8 Å². The monoisotopic (exact) mass is 606 g/mol. The SMILES string of the molecule is C=N/C(=C\C=C(/C)Cc1cc(-c2ncnc3cc(N4C(O)(O)C(O)(O)OC(O)(O)C4(O)P)ccc23)c(F)cc1O)OC. The summed E-state index contributed by atoms with van der Waals surface area (Å²) in [5.74, 6) is -12.4. The van der Waals surface area contributed by atoms with Crippen LogP contribution in [-0.4, -0.2) is 88.0 Å². The number of phenols is 1. The second-order valence-corrected chi connectivity index (χ2v) is 10.3. The highest BCUT2D eigenvalue weighted by atomic mass is 31.0. The van der Waals surface area contributed by atoms with E-state index in [9.17, 15) is 40.9 Å². The predicted molar refractivity (Wildman–Crippen MR) is 148 cm³/mol. The Hall–Kier alpha value is -3.63. The fraction of sp³-hybridized carbons (Fsp3) is 0.269. The molecule has 0 radical (unpaired) electrons. The van der Waals surface area contributed by atoms with Crippen molar-refractivity contribution in [1.82, 2.24) is 9.97 Å². The van der Waals surface area contributed by atoms with E-state index in [1.54, 1.807) is 19.1 Å². The van der Waals surface area contributed by atoms with Crippen molar-refractivity contribution in [3.05, 3.63) is 71.6 Å². The molecule has 224 valence electrons. The molecule has 2 aromatic carbocycles. The van der Waals surface area contributed by atoms with Crippen LogP contribution in [0.4, 0.5) is 10.1 Å². The zero-order valence-electron chi connectivity index (χ0n) is 22.2. The van der Waals surface area contributed by atoms with Crippen molar-refractivity contribution in [3.63, 3.8) is 0 Å². The normalized spacial score (nSPS) is 21.8. The molecule has 1 saturated heterocycles. The van der Waals surface area contributed by atoms with E-state index in [0.717, 1.165) is 30.1 Å². The summed E-state index contributed by atoms with van der Waals surface area (Å²) < 4.78 is 24.3. The third-order valence-electron chi connectivity index (χ3n) is 6.50. The quantitative estimate of drug-likeness (QED) is 0.0588. The Bertz CT molecular complexity index is 1580. The third-order valence-corrected chi connectivity index (χ3v) is 7.13.